The van der Waals surface area contributed by atoms with Crippen LogP contribution < -0.4 is 0 Å². The minimum atomic E-state index is 0.406. The maximum absolute atomic E-state index is 2.61. The average molecular weight is 293 g/mol. The van der Waals surface area contributed by atoms with Crippen LogP contribution in [-0.2, 0) is 0 Å². The van der Waals surface area contributed by atoms with Crippen LogP contribution in [-0.4, -0.2) is 0 Å². The third-order valence-electron chi connectivity index (χ3n) is 6.94. The van der Waals surface area contributed by atoms with E-state index in [0.29, 0.717) is 16.7 Å². The summed E-state index contributed by atoms with van der Waals surface area (Å²) in [4.78, 5) is 0. The fourth-order valence-corrected chi connectivity index (χ4v) is 5.40. The highest BCUT2D eigenvalue weighted by Crippen LogP contribution is 2.65. The molecule has 1 aliphatic carbocycles. The topological polar surface area (TPSA) is 0 Å². The summed E-state index contributed by atoms with van der Waals surface area (Å²) in [5.74, 6) is 3.94. The monoisotopic (exact) mass is 292 g/mol. The first kappa shape index (κ1) is 18.8. The van der Waals surface area contributed by atoms with E-state index in [1.807, 2.05) is 0 Å². The molecule has 5 unspecified atom stereocenters. The molecule has 0 amide bonds. The Morgan fingerprint density at radius 1 is 1.10 bits per heavy atom. The van der Waals surface area contributed by atoms with Gasteiger partial charge in [0.2, 0.25) is 0 Å². The van der Waals surface area contributed by atoms with Crippen LogP contribution in [0.5, 0.6) is 0 Å². The molecule has 1 saturated carbocycles. The number of allylic oxidation sites excluding steroid dienone is 2. The van der Waals surface area contributed by atoms with Gasteiger partial charge in [-0.3, -0.25) is 0 Å². The van der Waals surface area contributed by atoms with Crippen LogP contribution in [0.1, 0.15) is 81.6 Å². The Morgan fingerprint density at radius 3 is 2.10 bits per heavy atom. The molecular formula is C21H40. The molecule has 0 aromatic carbocycles. The Hall–Kier alpha value is -0.260. The van der Waals surface area contributed by atoms with Crippen molar-refractivity contribution in [3.05, 3.63) is 12.2 Å². The number of rotatable bonds is 6. The van der Waals surface area contributed by atoms with Crippen molar-refractivity contribution in [1.82, 2.24) is 0 Å². The van der Waals surface area contributed by atoms with E-state index in [0.717, 1.165) is 23.7 Å². The largest absolute Gasteiger partial charge is 0.0913 e. The molecule has 0 aromatic rings. The second-order valence-corrected chi connectivity index (χ2v) is 8.91. The Kier molecular flexibility index (Phi) is 6.16. The fourth-order valence-electron chi connectivity index (χ4n) is 5.40. The summed E-state index contributed by atoms with van der Waals surface area (Å²) >= 11 is 0. The predicted octanol–water partition coefficient (Wildman–Crippen LogP) is 6.96. The van der Waals surface area contributed by atoms with E-state index in [-0.39, 0.29) is 0 Å². The zero-order valence-electron chi connectivity index (χ0n) is 16.2. The lowest BCUT2D eigenvalue weighted by Gasteiger charge is -2.44. The maximum Gasteiger partial charge on any atom is -0.0120 e. The number of hydrogen-bond acceptors (Lipinski definition) is 0. The molecule has 124 valence electrons. The average Bonchev–Trinajstić information content (AvgIpc) is 2.52. The summed E-state index contributed by atoms with van der Waals surface area (Å²) in [6, 6.07) is 0. The summed E-state index contributed by atoms with van der Waals surface area (Å²) in [5, 5.41) is 0. The molecule has 0 bridgehead atoms. The lowest BCUT2D eigenvalue weighted by atomic mass is 9.60. The summed E-state index contributed by atoms with van der Waals surface area (Å²) in [7, 11) is 0. The van der Waals surface area contributed by atoms with Crippen molar-refractivity contribution in [2.24, 2.45) is 40.4 Å². The van der Waals surface area contributed by atoms with Crippen LogP contribution in [0.25, 0.3) is 0 Å². The van der Waals surface area contributed by atoms with E-state index >= 15 is 0 Å². The molecule has 0 heteroatoms. The zero-order chi connectivity index (χ0) is 16.4. The van der Waals surface area contributed by atoms with Crippen LogP contribution in [0.4, 0.5) is 0 Å². The Morgan fingerprint density at radius 2 is 1.67 bits per heavy atom. The highest BCUT2D eigenvalue weighted by molar-refractivity contribution is 5.14. The molecule has 0 spiro atoms. The summed E-state index contributed by atoms with van der Waals surface area (Å²) in [5.41, 5.74) is 0.846. The van der Waals surface area contributed by atoms with Crippen LogP contribution >= 0.6 is 0 Å². The normalized spacial score (nSPS) is 37.5. The van der Waals surface area contributed by atoms with Gasteiger partial charge in [0, 0.05) is 0 Å². The van der Waals surface area contributed by atoms with Crippen LogP contribution in [0.3, 0.4) is 0 Å². The van der Waals surface area contributed by atoms with E-state index in [1.165, 1.54) is 19.3 Å². The summed E-state index contributed by atoms with van der Waals surface area (Å²) in [6.07, 6.45) is 8.88. The van der Waals surface area contributed by atoms with E-state index in [2.05, 4.69) is 74.5 Å². The standard InChI is InChI=1S/C21H40/c1-10-12-16(5)21(9)18(14-15(3)4)17(6)20(7,8)19(21)13-11-2/h11,13,15-19H,10,12,14H2,1-9H3. The molecule has 1 aliphatic rings. The second kappa shape index (κ2) is 6.88. The van der Waals surface area contributed by atoms with E-state index in [1.54, 1.807) is 0 Å². The third-order valence-corrected chi connectivity index (χ3v) is 6.94. The van der Waals surface area contributed by atoms with Crippen molar-refractivity contribution < 1.29 is 0 Å². The maximum atomic E-state index is 2.61. The molecule has 0 N–H and O–H groups in total. The van der Waals surface area contributed by atoms with Gasteiger partial charge in [-0.05, 0) is 53.8 Å². The van der Waals surface area contributed by atoms with Gasteiger partial charge in [0.15, 0.2) is 0 Å². The van der Waals surface area contributed by atoms with Crippen molar-refractivity contribution in [3.63, 3.8) is 0 Å². The van der Waals surface area contributed by atoms with Crippen molar-refractivity contribution in [3.8, 4) is 0 Å². The molecule has 0 radical (unpaired) electrons. The van der Waals surface area contributed by atoms with Crippen molar-refractivity contribution in [2.45, 2.75) is 81.6 Å². The van der Waals surface area contributed by atoms with Crippen LogP contribution in [0.2, 0.25) is 0 Å². The molecule has 5 atom stereocenters. The van der Waals surface area contributed by atoms with Crippen molar-refractivity contribution in [2.75, 3.05) is 0 Å². The lowest BCUT2D eigenvalue weighted by Crippen LogP contribution is -2.38. The molecule has 0 heterocycles. The minimum Gasteiger partial charge on any atom is -0.0913 e. The highest BCUT2D eigenvalue weighted by atomic mass is 14.6. The van der Waals surface area contributed by atoms with Crippen LogP contribution in [0.15, 0.2) is 12.2 Å². The van der Waals surface area contributed by atoms with E-state index in [9.17, 15) is 0 Å². The Bertz CT molecular complexity index is 349. The van der Waals surface area contributed by atoms with Gasteiger partial charge in [-0.2, -0.15) is 0 Å². The van der Waals surface area contributed by atoms with Crippen molar-refractivity contribution >= 4 is 0 Å². The quantitative estimate of drug-likeness (QED) is 0.464. The summed E-state index contributed by atoms with van der Waals surface area (Å²) in [6.45, 7) is 22.0. The minimum absolute atomic E-state index is 0.406. The first-order chi connectivity index (χ1) is 9.63. The SMILES string of the molecule is CC=CC1C(C)(C)C(C)C(CC(C)C)C1(C)C(C)CCC. The molecular weight excluding hydrogens is 252 g/mol. The molecule has 0 aromatic heterocycles. The fraction of sp³-hybridized carbons (Fsp3) is 0.905. The van der Waals surface area contributed by atoms with Crippen LogP contribution in [0, 0.1) is 40.4 Å². The van der Waals surface area contributed by atoms with E-state index in [4.69, 9.17) is 0 Å². The molecule has 0 aliphatic heterocycles. The molecule has 1 rings (SSSR count). The number of hydrogen-bond donors (Lipinski definition) is 0. The van der Waals surface area contributed by atoms with Gasteiger partial charge >= 0.3 is 0 Å². The first-order valence-electron chi connectivity index (χ1n) is 9.26. The van der Waals surface area contributed by atoms with Crippen molar-refractivity contribution in [1.29, 1.82) is 0 Å². The zero-order valence-corrected chi connectivity index (χ0v) is 16.2. The smallest absolute Gasteiger partial charge is 0.0120 e. The first-order valence-corrected chi connectivity index (χ1v) is 9.26. The lowest BCUT2D eigenvalue weighted by molar-refractivity contribution is 0.0622. The molecule has 0 nitrogen and oxygen atoms in total. The van der Waals surface area contributed by atoms with E-state index < -0.39 is 0 Å². The Labute approximate surface area is 134 Å². The van der Waals surface area contributed by atoms with Gasteiger partial charge in [-0.15, -0.1) is 0 Å². The highest BCUT2D eigenvalue weighted by Gasteiger charge is 2.59. The van der Waals surface area contributed by atoms with Gasteiger partial charge in [-0.25, -0.2) is 0 Å². The molecule has 0 saturated heterocycles. The third kappa shape index (κ3) is 3.25. The van der Waals surface area contributed by atoms with Gasteiger partial charge in [0.05, 0.1) is 0 Å². The second-order valence-electron chi connectivity index (χ2n) is 8.91. The predicted molar refractivity (Wildman–Crippen MR) is 96.4 cm³/mol. The molecule has 21 heavy (non-hydrogen) atoms. The van der Waals surface area contributed by atoms with Gasteiger partial charge in [0.1, 0.15) is 0 Å². The van der Waals surface area contributed by atoms with Gasteiger partial charge in [0.25, 0.3) is 0 Å². The molecule has 1 fully saturated rings. The Balaban J connectivity index is 3.32. The van der Waals surface area contributed by atoms with Gasteiger partial charge in [-0.1, -0.05) is 80.4 Å². The summed E-state index contributed by atoms with van der Waals surface area (Å²) < 4.78 is 0. The van der Waals surface area contributed by atoms with Gasteiger partial charge < -0.3 is 0 Å².